The molecule has 106 valence electrons. The lowest BCUT2D eigenvalue weighted by Crippen LogP contribution is -2.35. The van der Waals surface area contributed by atoms with Crippen molar-refractivity contribution in [2.24, 2.45) is 0 Å². The molecule has 6 nitrogen and oxygen atoms in total. The summed E-state index contributed by atoms with van der Waals surface area (Å²) in [6.45, 7) is 8.01. The van der Waals surface area contributed by atoms with E-state index in [1.807, 2.05) is 20.9 Å². The van der Waals surface area contributed by atoms with Crippen LogP contribution in [0, 0.1) is 0 Å². The van der Waals surface area contributed by atoms with Crippen LogP contribution in [0.3, 0.4) is 0 Å². The fourth-order valence-electron chi connectivity index (χ4n) is 2.20. The fourth-order valence-corrected chi connectivity index (χ4v) is 2.20. The van der Waals surface area contributed by atoms with Crippen molar-refractivity contribution in [3.63, 3.8) is 0 Å². The molecule has 6 heteroatoms. The highest BCUT2D eigenvalue weighted by atomic mass is 16.2. The van der Waals surface area contributed by atoms with E-state index in [1.54, 1.807) is 4.90 Å². The molecule has 1 aromatic rings. The van der Waals surface area contributed by atoms with Crippen LogP contribution < -0.4 is 0 Å². The second kappa shape index (κ2) is 6.14. The number of rotatable bonds is 5. The number of hydrogen-bond acceptors (Lipinski definition) is 4. The van der Waals surface area contributed by atoms with E-state index in [1.165, 1.54) is 12.8 Å². The predicted octanol–water partition coefficient (Wildman–Crippen LogP) is 1.10. The number of aromatic nitrogens is 3. The van der Waals surface area contributed by atoms with E-state index in [-0.39, 0.29) is 17.6 Å². The maximum atomic E-state index is 12.1. The van der Waals surface area contributed by atoms with Crippen LogP contribution in [0.2, 0.25) is 0 Å². The standard InChI is InChI=1S/C13H23N5O/c1-10(2)11-14-12(16-15-11)13(19)17(3)8-9-18-6-4-5-7-18/h10H,4-9H2,1-3H3,(H,14,15,16). The summed E-state index contributed by atoms with van der Waals surface area (Å²) in [6, 6.07) is 0. The molecule has 1 aliphatic rings. The highest BCUT2D eigenvalue weighted by Gasteiger charge is 2.19. The van der Waals surface area contributed by atoms with Crippen molar-refractivity contribution in [3.05, 3.63) is 11.6 Å². The molecule has 0 unspecified atom stereocenters. The zero-order valence-corrected chi connectivity index (χ0v) is 12.0. The summed E-state index contributed by atoms with van der Waals surface area (Å²) in [5.41, 5.74) is 0. The van der Waals surface area contributed by atoms with Gasteiger partial charge in [0, 0.05) is 26.1 Å². The second-order valence-electron chi connectivity index (χ2n) is 5.47. The molecule has 0 radical (unpaired) electrons. The van der Waals surface area contributed by atoms with E-state index >= 15 is 0 Å². The molecule has 1 fully saturated rings. The van der Waals surface area contributed by atoms with Gasteiger partial charge in [-0.15, -0.1) is 5.10 Å². The van der Waals surface area contributed by atoms with Crippen molar-refractivity contribution in [2.75, 3.05) is 33.2 Å². The van der Waals surface area contributed by atoms with Crippen LogP contribution in [0.5, 0.6) is 0 Å². The van der Waals surface area contributed by atoms with Crippen molar-refractivity contribution in [1.29, 1.82) is 0 Å². The van der Waals surface area contributed by atoms with Gasteiger partial charge < -0.3 is 9.80 Å². The Morgan fingerprint density at radius 2 is 2.11 bits per heavy atom. The first kappa shape index (κ1) is 14.0. The first-order chi connectivity index (χ1) is 9.08. The first-order valence-corrected chi connectivity index (χ1v) is 6.98. The number of H-pyrrole nitrogens is 1. The lowest BCUT2D eigenvalue weighted by Gasteiger charge is -2.20. The summed E-state index contributed by atoms with van der Waals surface area (Å²) in [6.07, 6.45) is 2.55. The molecule has 0 saturated carbocycles. The normalized spacial score (nSPS) is 16.2. The van der Waals surface area contributed by atoms with Crippen LogP contribution in [0.15, 0.2) is 0 Å². The number of nitrogens with zero attached hydrogens (tertiary/aromatic N) is 4. The Morgan fingerprint density at radius 3 is 2.68 bits per heavy atom. The highest BCUT2D eigenvalue weighted by Crippen LogP contribution is 2.09. The molecule has 1 amide bonds. The second-order valence-corrected chi connectivity index (χ2v) is 5.47. The number of carbonyl (C=O) groups excluding carboxylic acids is 1. The van der Waals surface area contributed by atoms with Gasteiger partial charge in [0.1, 0.15) is 5.82 Å². The van der Waals surface area contributed by atoms with E-state index in [9.17, 15) is 4.79 Å². The van der Waals surface area contributed by atoms with Crippen molar-refractivity contribution in [1.82, 2.24) is 25.0 Å². The number of carbonyl (C=O) groups is 1. The number of aromatic amines is 1. The minimum absolute atomic E-state index is 0.109. The molecule has 1 N–H and O–H groups in total. The Hall–Kier alpha value is -1.43. The lowest BCUT2D eigenvalue weighted by molar-refractivity contribution is 0.0770. The molecule has 0 spiro atoms. The van der Waals surface area contributed by atoms with Gasteiger partial charge in [0.15, 0.2) is 0 Å². The number of likely N-dealkylation sites (N-methyl/N-ethyl adjacent to an activating group) is 1. The Bertz CT molecular complexity index is 422. The average Bonchev–Trinajstić information content (AvgIpc) is 3.05. The SMILES string of the molecule is CC(C)c1nc(C(=O)N(C)CCN2CCCC2)n[nH]1. The molecule has 2 rings (SSSR count). The van der Waals surface area contributed by atoms with E-state index in [2.05, 4.69) is 20.1 Å². The van der Waals surface area contributed by atoms with Gasteiger partial charge in [0.2, 0.25) is 5.82 Å². The quantitative estimate of drug-likeness (QED) is 0.865. The molecular weight excluding hydrogens is 242 g/mol. The minimum atomic E-state index is -0.109. The minimum Gasteiger partial charge on any atom is -0.338 e. The third kappa shape index (κ3) is 3.53. The predicted molar refractivity (Wildman–Crippen MR) is 73.1 cm³/mol. The zero-order chi connectivity index (χ0) is 13.8. The molecule has 1 aromatic heterocycles. The van der Waals surface area contributed by atoms with Gasteiger partial charge >= 0.3 is 0 Å². The van der Waals surface area contributed by atoms with E-state index in [4.69, 9.17) is 0 Å². The van der Waals surface area contributed by atoms with Crippen LogP contribution in [0.25, 0.3) is 0 Å². The Labute approximate surface area is 114 Å². The van der Waals surface area contributed by atoms with Crippen LogP contribution in [0.1, 0.15) is 49.1 Å². The van der Waals surface area contributed by atoms with Gasteiger partial charge in [-0.05, 0) is 25.9 Å². The van der Waals surface area contributed by atoms with Crippen LogP contribution in [-0.4, -0.2) is 64.1 Å². The number of hydrogen-bond donors (Lipinski definition) is 1. The maximum absolute atomic E-state index is 12.1. The van der Waals surface area contributed by atoms with Crippen LogP contribution >= 0.6 is 0 Å². The Kier molecular flexibility index (Phi) is 4.52. The summed E-state index contributed by atoms with van der Waals surface area (Å²) in [4.78, 5) is 20.5. The molecule has 1 aliphatic heterocycles. The van der Waals surface area contributed by atoms with Gasteiger partial charge in [0.05, 0.1) is 0 Å². The average molecular weight is 265 g/mol. The molecule has 19 heavy (non-hydrogen) atoms. The van der Waals surface area contributed by atoms with E-state index in [0.29, 0.717) is 0 Å². The molecule has 0 aliphatic carbocycles. The summed E-state index contributed by atoms with van der Waals surface area (Å²) in [7, 11) is 1.81. The molecule has 0 atom stereocenters. The highest BCUT2D eigenvalue weighted by molar-refractivity contribution is 5.90. The number of nitrogens with one attached hydrogen (secondary N) is 1. The zero-order valence-electron chi connectivity index (χ0n) is 12.0. The topological polar surface area (TPSA) is 65.1 Å². The first-order valence-electron chi connectivity index (χ1n) is 6.98. The summed E-state index contributed by atoms with van der Waals surface area (Å²) in [5.74, 6) is 1.18. The number of likely N-dealkylation sites (tertiary alicyclic amines) is 1. The third-order valence-corrected chi connectivity index (χ3v) is 3.54. The smallest absolute Gasteiger partial charge is 0.293 e. The van der Waals surface area contributed by atoms with Crippen molar-refractivity contribution in [2.45, 2.75) is 32.6 Å². The molecular formula is C13H23N5O. The van der Waals surface area contributed by atoms with Crippen molar-refractivity contribution >= 4 is 5.91 Å². The molecule has 0 aromatic carbocycles. The third-order valence-electron chi connectivity index (χ3n) is 3.54. The molecule has 2 heterocycles. The monoisotopic (exact) mass is 265 g/mol. The van der Waals surface area contributed by atoms with Gasteiger partial charge in [0.25, 0.3) is 5.91 Å². The van der Waals surface area contributed by atoms with Gasteiger partial charge in [-0.25, -0.2) is 4.98 Å². The maximum Gasteiger partial charge on any atom is 0.293 e. The van der Waals surface area contributed by atoms with Crippen molar-refractivity contribution in [3.8, 4) is 0 Å². The van der Waals surface area contributed by atoms with Crippen LogP contribution in [-0.2, 0) is 0 Å². The van der Waals surface area contributed by atoms with E-state index in [0.717, 1.165) is 32.0 Å². The molecule has 1 saturated heterocycles. The fraction of sp³-hybridized carbons (Fsp3) is 0.769. The Morgan fingerprint density at radius 1 is 1.42 bits per heavy atom. The van der Waals surface area contributed by atoms with Crippen LogP contribution in [0.4, 0.5) is 0 Å². The number of amides is 1. The van der Waals surface area contributed by atoms with Gasteiger partial charge in [-0.3, -0.25) is 9.89 Å². The largest absolute Gasteiger partial charge is 0.338 e. The summed E-state index contributed by atoms with van der Waals surface area (Å²) >= 11 is 0. The lowest BCUT2D eigenvalue weighted by atomic mass is 10.2. The Balaban J connectivity index is 1.86. The summed E-state index contributed by atoms with van der Waals surface area (Å²) in [5, 5.41) is 6.82. The van der Waals surface area contributed by atoms with Gasteiger partial charge in [-0.2, -0.15) is 0 Å². The van der Waals surface area contributed by atoms with E-state index < -0.39 is 0 Å². The summed E-state index contributed by atoms with van der Waals surface area (Å²) < 4.78 is 0. The van der Waals surface area contributed by atoms with Crippen molar-refractivity contribution < 1.29 is 4.79 Å². The van der Waals surface area contributed by atoms with Gasteiger partial charge in [-0.1, -0.05) is 13.8 Å². The molecule has 0 bridgehead atoms.